The van der Waals surface area contributed by atoms with Gasteiger partial charge in [-0.2, -0.15) is 0 Å². The van der Waals surface area contributed by atoms with Crippen LogP contribution in [0.5, 0.6) is 0 Å². The van der Waals surface area contributed by atoms with Crippen molar-refractivity contribution in [2.75, 3.05) is 11.9 Å². The van der Waals surface area contributed by atoms with E-state index in [9.17, 15) is 0 Å². The van der Waals surface area contributed by atoms with Crippen LogP contribution in [0.4, 0.5) is 5.69 Å². The molecule has 0 aliphatic rings. The van der Waals surface area contributed by atoms with Gasteiger partial charge >= 0.3 is 0 Å². The molecule has 0 aliphatic heterocycles. The molecule has 0 saturated heterocycles. The number of nitrogens with one attached hydrogen (secondary N) is 1. The largest absolute Gasteiger partial charge is 0.385 e. The van der Waals surface area contributed by atoms with Gasteiger partial charge in [-0.15, -0.1) is 0 Å². The first-order valence-electron chi connectivity index (χ1n) is 5.88. The molecule has 1 aromatic heterocycles. The second-order valence-electron chi connectivity index (χ2n) is 4.05. The van der Waals surface area contributed by atoms with Gasteiger partial charge in [-0.1, -0.05) is 13.0 Å². The fourth-order valence-electron chi connectivity index (χ4n) is 1.96. The number of hydrogen-bond donors (Lipinski definition) is 1. The summed E-state index contributed by atoms with van der Waals surface area (Å²) in [7, 11) is 0. The molecule has 0 aliphatic carbocycles. The molecule has 84 valence electrons. The van der Waals surface area contributed by atoms with E-state index < -0.39 is 0 Å². The summed E-state index contributed by atoms with van der Waals surface area (Å²) in [5.74, 6) is 0. The van der Waals surface area contributed by atoms with Crippen LogP contribution in [0.25, 0.3) is 10.9 Å². The van der Waals surface area contributed by atoms with E-state index in [0.29, 0.717) is 0 Å². The van der Waals surface area contributed by atoms with Crippen molar-refractivity contribution in [1.29, 1.82) is 0 Å². The molecular formula is C14H18N2. The fourth-order valence-corrected chi connectivity index (χ4v) is 1.96. The number of pyridine rings is 1. The van der Waals surface area contributed by atoms with Crippen molar-refractivity contribution in [3.8, 4) is 0 Å². The Morgan fingerprint density at radius 3 is 2.69 bits per heavy atom. The highest BCUT2D eigenvalue weighted by atomic mass is 14.9. The monoisotopic (exact) mass is 214 g/mol. The van der Waals surface area contributed by atoms with Crippen molar-refractivity contribution in [1.82, 2.24) is 4.98 Å². The van der Waals surface area contributed by atoms with Crippen LogP contribution in [0.1, 0.15) is 25.1 Å². The summed E-state index contributed by atoms with van der Waals surface area (Å²) in [5.41, 5.74) is 4.69. The third-order valence-electron chi connectivity index (χ3n) is 2.78. The third-order valence-corrected chi connectivity index (χ3v) is 2.78. The predicted molar refractivity (Wildman–Crippen MR) is 70.0 cm³/mol. The van der Waals surface area contributed by atoms with Crippen LogP contribution in [0.2, 0.25) is 0 Å². The number of rotatable bonds is 3. The van der Waals surface area contributed by atoms with Gasteiger partial charge in [-0.25, -0.2) is 0 Å². The van der Waals surface area contributed by atoms with Crippen molar-refractivity contribution in [2.45, 2.75) is 27.2 Å². The van der Waals surface area contributed by atoms with Crippen molar-refractivity contribution >= 4 is 16.6 Å². The SMILES string of the molecule is CCNc1cc(C)nc2ccc(CC)cc12. The first-order valence-corrected chi connectivity index (χ1v) is 5.88. The molecule has 0 unspecified atom stereocenters. The zero-order valence-electron chi connectivity index (χ0n) is 10.2. The van der Waals surface area contributed by atoms with Gasteiger partial charge in [0.2, 0.25) is 0 Å². The lowest BCUT2D eigenvalue weighted by Gasteiger charge is -2.10. The number of anilines is 1. The number of hydrogen-bond acceptors (Lipinski definition) is 2. The minimum absolute atomic E-state index is 0.939. The molecule has 2 nitrogen and oxygen atoms in total. The standard InChI is InChI=1S/C14H18N2/c1-4-11-6-7-13-12(9-11)14(15-5-2)8-10(3)16-13/h6-9H,4-5H2,1-3H3,(H,15,16). The van der Waals surface area contributed by atoms with Crippen LogP contribution in [0.3, 0.4) is 0 Å². The average Bonchev–Trinajstić information content (AvgIpc) is 2.29. The third kappa shape index (κ3) is 2.01. The number of fused-ring (bicyclic) bond motifs is 1. The Kier molecular flexibility index (Phi) is 3.09. The Morgan fingerprint density at radius 1 is 1.19 bits per heavy atom. The normalized spacial score (nSPS) is 10.7. The molecule has 16 heavy (non-hydrogen) atoms. The van der Waals surface area contributed by atoms with Gasteiger partial charge in [0.25, 0.3) is 0 Å². The second-order valence-corrected chi connectivity index (χ2v) is 4.05. The lowest BCUT2D eigenvalue weighted by molar-refractivity contribution is 1.14. The van der Waals surface area contributed by atoms with Crippen molar-refractivity contribution < 1.29 is 0 Å². The van der Waals surface area contributed by atoms with E-state index in [-0.39, 0.29) is 0 Å². The average molecular weight is 214 g/mol. The van der Waals surface area contributed by atoms with E-state index in [4.69, 9.17) is 0 Å². The van der Waals surface area contributed by atoms with Gasteiger partial charge < -0.3 is 5.32 Å². The zero-order valence-corrected chi connectivity index (χ0v) is 10.2. The Balaban J connectivity index is 2.65. The van der Waals surface area contributed by atoms with Crippen LogP contribution in [0.15, 0.2) is 24.3 Å². The number of nitrogens with zero attached hydrogens (tertiary/aromatic N) is 1. The summed E-state index contributed by atoms with van der Waals surface area (Å²) < 4.78 is 0. The highest BCUT2D eigenvalue weighted by molar-refractivity contribution is 5.92. The Bertz CT molecular complexity index is 503. The summed E-state index contributed by atoms with van der Waals surface area (Å²) in [6, 6.07) is 8.62. The fraction of sp³-hybridized carbons (Fsp3) is 0.357. The molecule has 0 atom stereocenters. The molecule has 0 radical (unpaired) electrons. The molecule has 1 N–H and O–H groups in total. The number of aryl methyl sites for hydroxylation is 2. The van der Waals surface area contributed by atoms with Gasteiger partial charge in [-0.05, 0) is 44.0 Å². The Morgan fingerprint density at radius 2 is 2.00 bits per heavy atom. The molecule has 2 heteroatoms. The summed E-state index contributed by atoms with van der Waals surface area (Å²) in [4.78, 5) is 4.55. The molecular weight excluding hydrogens is 196 g/mol. The highest BCUT2D eigenvalue weighted by Crippen LogP contribution is 2.24. The molecule has 0 bridgehead atoms. The van der Waals surface area contributed by atoms with E-state index in [1.807, 2.05) is 6.92 Å². The number of benzene rings is 1. The molecule has 1 heterocycles. The molecule has 2 rings (SSSR count). The highest BCUT2D eigenvalue weighted by Gasteiger charge is 2.03. The minimum Gasteiger partial charge on any atom is -0.385 e. The summed E-state index contributed by atoms with van der Waals surface area (Å²) in [5, 5.41) is 4.63. The molecule has 0 amide bonds. The second kappa shape index (κ2) is 4.52. The molecule has 0 saturated carbocycles. The topological polar surface area (TPSA) is 24.9 Å². The van der Waals surface area contributed by atoms with E-state index in [1.165, 1.54) is 16.6 Å². The van der Waals surface area contributed by atoms with Crippen LogP contribution in [-0.4, -0.2) is 11.5 Å². The molecule has 0 spiro atoms. The van der Waals surface area contributed by atoms with Crippen LogP contribution < -0.4 is 5.32 Å². The van der Waals surface area contributed by atoms with Crippen LogP contribution >= 0.6 is 0 Å². The lowest BCUT2D eigenvalue weighted by atomic mass is 10.1. The summed E-state index contributed by atoms with van der Waals surface area (Å²) >= 11 is 0. The van der Waals surface area contributed by atoms with Gasteiger partial charge in [0.1, 0.15) is 0 Å². The van der Waals surface area contributed by atoms with E-state index in [2.05, 4.69) is 48.4 Å². The van der Waals surface area contributed by atoms with Crippen LogP contribution in [0, 0.1) is 6.92 Å². The predicted octanol–water partition coefficient (Wildman–Crippen LogP) is 3.54. The van der Waals surface area contributed by atoms with Gasteiger partial charge in [0.15, 0.2) is 0 Å². The molecule has 2 aromatic rings. The van der Waals surface area contributed by atoms with E-state index in [0.717, 1.165) is 24.2 Å². The maximum absolute atomic E-state index is 4.55. The van der Waals surface area contributed by atoms with Crippen molar-refractivity contribution in [2.24, 2.45) is 0 Å². The Hall–Kier alpha value is -1.57. The molecule has 1 aromatic carbocycles. The van der Waals surface area contributed by atoms with E-state index in [1.54, 1.807) is 0 Å². The zero-order chi connectivity index (χ0) is 11.5. The van der Waals surface area contributed by atoms with Gasteiger partial charge in [0, 0.05) is 23.3 Å². The maximum atomic E-state index is 4.55. The first-order chi connectivity index (χ1) is 7.74. The quantitative estimate of drug-likeness (QED) is 0.845. The number of aromatic nitrogens is 1. The minimum atomic E-state index is 0.939. The summed E-state index contributed by atoms with van der Waals surface area (Å²) in [6.07, 6.45) is 1.06. The first kappa shape index (κ1) is 10.9. The Labute approximate surface area is 96.7 Å². The van der Waals surface area contributed by atoms with E-state index >= 15 is 0 Å². The van der Waals surface area contributed by atoms with Crippen molar-refractivity contribution in [3.63, 3.8) is 0 Å². The van der Waals surface area contributed by atoms with Crippen molar-refractivity contribution in [3.05, 3.63) is 35.5 Å². The smallest absolute Gasteiger partial charge is 0.0726 e. The maximum Gasteiger partial charge on any atom is 0.0726 e. The van der Waals surface area contributed by atoms with Crippen LogP contribution in [-0.2, 0) is 6.42 Å². The summed E-state index contributed by atoms with van der Waals surface area (Å²) in [6.45, 7) is 7.27. The van der Waals surface area contributed by atoms with Gasteiger partial charge in [0.05, 0.1) is 5.52 Å². The van der Waals surface area contributed by atoms with Gasteiger partial charge in [-0.3, -0.25) is 4.98 Å². The lowest BCUT2D eigenvalue weighted by Crippen LogP contribution is -1.99. The molecule has 0 fully saturated rings.